The van der Waals surface area contributed by atoms with E-state index in [1.807, 2.05) is 0 Å². The van der Waals surface area contributed by atoms with Gasteiger partial charge in [-0.1, -0.05) is 12.1 Å². The number of non-ortho nitro benzene ring substituents is 1. The van der Waals surface area contributed by atoms with Crippen molar-refractivity contribution in [2.24, 2.45) is 0 Å². The maximum absolute atomic E-state index is 12.4. The van der Waals surface area contributed by atoms with Crippen molar-refractivity contribution >= 4 is 23.2 Å². The molecular weight excluding hydrogens is 326 g/mol. The maximum atomic E-state index is 12.4. The van der Waals surface area contributed by atoms with Crippen LogP contribution in [-0.2, 0) is 11.2 Å². The second-order valence-electron chi connectivity index (χ2n) is 5.14. The van der Waals surface area contributed by atoms with E-state index in [-0.39, 0.29) is 29.3 Å². The third kappa shape index (κ3) is 4.54. The Morgan fingerprint density at radius 3 is 2.40 bits per heavy atom. The van der Waals surface area contributed by atoms with Crippen LogP contribution in [0.2, 0.25) is 0 Å². The van der Waals surface area contributed by atoms with E-state index in [0.717, 1.165) is 11.6 Å². The maximum Gasteiger partial charge on any atom is 0.270 e. The van der Waals surface area contributed by atoms with E-state index >= 15 is 0 Å². The van der Waals surface area contributed by atoms with Crippen LogP contribution in [-0.4, -0.2) is 30.9 Å². The average molecular weight is 343 g/mol. The summed E-state index contributed by atoms with van der Waals surface area (Å²) in [6.45, 7) is 0. The highest BCUT2D eigenvalue weighted by Crippen LogP contribution is 2.25. The first-order valence-electron chi connectivity index (χ1n) is 7.38. The number of anilines is 1. The standard InChI is InChI=1S/C17H17N3O5/c1-18-16(21)9-11-3-5-12(6-4-11)19-17(22)14-10-13(20(23)24)7-8-15(14)25-2/h3-8,10H,9H2,1-2H3,(H,18,21)(H,19,22). The van der Waals surface area contributed by atoms with Gasteiger partial charge in [0, 0.05) is 24.9 Å². The molecule has 2 aromatic rings. The number of amides is 2. The van der Waals surface area contributed by atoms with Crippen molar-refractivity contribution in [3.63, 3.8) is 0 Å². The molecule has 0 aliphatic rings. The van der Waals surface area contributed by atoms with Crippen molar-refractivity contribution in [3.8, 4) is 5.75 Å². The molecule has 2 amide bonds. The monoisotopic (exact) mass is 343 g/mol. The molecule has 0 spiro atoms. The smallest absolute Gasteiger partial charge is 0.270 e. The number of methoxy groups -OCH3 is 1. The number of rotatable bonds is 6. The summed E-state index contributed by atoms with van der Waals surface area (Å²) < 4.78 is 5.09. The molecule has 0 saturated carbocycles. The Hall–Kier alpha value is -3.42. The fourth-order valence-electron chi connectivity index (χ4n) is 2.17. The van der Waals surface area contributed by atoms with Gasteiger partial charge in [0.15, 0.2) is 0 Å². The number of ether oxygens (including phenoxy) is 1. The fraction of sp³-hybridized carbons (Fsp3) is 0.176. The molecule has 0 aliphatic heterocycles. The minimum absolute atomic E-state index is 0.0612. The van der Waals surface area contributed by atoms with Crippen LogP contribution < -0.4 is 15.4 Å². The second-order valence-corrected chi connectivity index (χ2v) is 5.14. The summed E-state index contributed by atoms with van der Waals surface area (Å²) in [5.41, 5.74) is 1.16. The summed E-state index contributed by atoms with van der Waals surface area (Å²) >= 11 is 0. The van der Waals surface area contributed by atoms with Crippen LogP contribution in [0.4, 0.5) is 11.4 Å². The van der Waals surface area contributed by atoms with Crippen molar-refractivity contribution in [3.05, 3.63) is 63.7 Å². The highest BCUT2D eigenvalue weighted by Gasteiger charge is 2.17. The third-order valence-corrected chi connectivity index (χ3v) is 3.49. The van der Waals surface area contributed by atoms with Crippen LogP contribution in [0.1, 0.15) is 15.9 Å². The molecular formula is C17H17N3O5. The Bertz CT molecular complexity index is 802. The Morgan fingerprint density at radius 1 is 1.16 bits per heavy atom. The molecule has 8 heteroatoms. The summed E-state index contributed by atoms with van der Waals surface area (Å²) in [5, 5.41) is 16.1. The number of nitrogens with one attached hydrogen (secondary N) is 2. The van der Waals surface area contributed by atoms with Gasteiger partial charge in [-0.05, 0) is 23.8 Å². The predicted octanol–water partition coefficient (Wildman–Crippen LogP) is 2.14. The highest BCUT2D eigenvalue weighted by atomic mass is 16.6. The number of nitro benzene ring substituents is 1. The zero-order chi connectivity index (χ0) is 18.4. The zero-order valence-corrected chi connectivity index (χ0v) is 13.7. The minimum atomic E-state index is -0.580. The molecule has 8 nitrogen and oxygen atoms in total. The van der Waals surface area contributed by atoms with Gasteiger partial charge in [0.05, 0.1) is 24.0 Å². The van der Waals surface area contributed by atoms with Gasteiger partial charge >= 0.3 is 0 Å². The van der Waals surface area contributed by atoms with Gasteiger partial charge in [-0.15, -0.1) is 0 Å². The first kappa shape index (κ1) is 17.9. The molecule has 130 valence electrons. The summed E-state index contributed by atoms with van der Waals surface area (Å²) in [6.07, 6.45) is 0.240. The lowest BCUT2D eigenvalue weighted by molar-refractivity contribution is -0.384. The van der Waals surface area contributed by atoms with E-state index in [1.54, 1.807) is 31.3 Å². The molecule has 0 saturated heterocycles. The van der Waals surface area contributed by atoms with Gasteiger partial charge in [0.2, 0.25) is 5.91 Å². The molecule has 0 atom stereocenters. The Balaban J connectivity index is 2.17. The summed E-state index contributed by atoms with van der Waals surface area (Å²) in [7, 11) is 2.94. The normalized spacial score (nSPS) is 10.0. The van der Waals surface area contributed by atoms with E-state index in [9.17, 15) is 19.7 Å². The third-order valence-electron chi connectivity index (χ3n) is 3.49. The van der Waals surface area contributed by atoms with E-state index in [0.29, 0.717) is 5.69 Å². The van der Waals surface area contributed by atoms with Crippen LogP contribution in [0.5, 0.6) is 5.75 Å². The lowest BCUT2D eigenvalue weighted by atomic mass is 10.1. The Kier molecular flexibility index (Phi) is 5.67. The van der Waals surface area contributed by atoms with Crippen molar-refractivity contribution in [2.75, 3.05) is 19.5 Å². The number of benzene rings is 2. The number of nitro groups is 1. The van der Waals surface area contributed by atoms with Crippen molar-refractivity contribution in [1.82, 2.24) is 5.32 Å². The van der Waals surface area contributed by atoms with Crippen LogP contribution in [0.15, 0.2) is 42.5 Å². The largest absolute Gasteiger partial charge is 0.496 e. The molecule has 0 fully saturated rings. The van der Waals surface area contributed by atoms with E-state index in [4.69, 9.17) is 4.74 Å². The van der Waals surface area contributed by atoms with Gasteiger partial charge in [0.25, 0.3) is 11.6 Å². The lowest BCUT2D eigenvalue weighted by Gasteiger charge is -2.10. The summed E-state index contributed by atoms with van der Waals surface area (Å²) in [6, 6.07) is 10.5. The van der Waals surface area contributed by atoms with Crippen LogP contribution in [0.25, 0.3) is 0 Å². The predicted molar refractivity (Wildman–Crippen MR) is 91.8 cm³/mol. The number of likely N-dealkylation sites (N-methyl/N-ethyl adjacent to an activating group) is 1. The topological polar surface area (TPSA) is 111 Å². The molecule has 2 N–H and O–H groups in total. The van der Waals surface area contributed by atoms with Gasteiger partial charge in [-0.2, -0.15) is 0 Å². The van der Waals surface area contributed by atoms with Crippen molar-refractivity contribution < 1.29 is 19.2 Å². The Labute approximate surface area is 144 Å². The van der Waals surface area contributed by atoms with Gasteiger partial charge < -0.3 is 15.4 Å². The lowest BCUT2D eigenvalue weighted by Crippen LogP contribution is -2.19. The van der Waals surface area contributed by atoms with Gasteiger partial charge in [-0.3, -0.25) is 19.7 Å². The van der Waals surface area contributed by atoms with Crippen molar-refractivity contribution in [1.29, 1.82) is 0 Å². The highest BCUT2D eigenvalue weighted by molar-refractivity contribution is 6.06. The first-order valence-corrected chi connectivity index (χ1v) is 7.38. The molecule has 0 aliphatic carbocycles. The fourth-order valence-corrected chi connectivity index (χ4v) is 2.17. The molecule has 0 heterocycles. The molecule has 2 aromatic carbocycles. The average Bonchev–Trinajstić information content (AvgIpc) is 2.62. The molecule has 0 radical (unpaired) electrons. The van der Waals surface area contributed by atoms with Gasteiger partial charge in [-0.25, -0.2) is 0 Å². The second kappa shape index (κ2) is 7.91. The van der Waals surface area contributed by atoms with E-state index in [2.05, 4.69) is 10.6 Å². The van der Waals surface area contributed by atoms with E-state index < -0.39 is 10.8 Å². The number of carbonyl (C=O) groups excluding carboxylic acids is 2. The summed E-state index contributed by atoms with van der Waals surface area (Å²) in [4.78, 5) is 34.0. The van der Waals surface area contributed by atoms with Crippen LogP contribution in [0.3, 0.4) is 0 Å². The number of hydrogen-bond acceptors (Lipinski definition) is 5. The van der Waals surface area contributed by atoms with Crippen LogP contribution in [0, 0.1) is 10.1 Å². The molecule has 0 aromatic heterocycles. The zero-order valence-electron chi connectivity index (χ0n) is 13.7. The number of hydrogen-bond donors (Lipinski definition) is 2. The minimum Gasteiger partial charge on any atom is -0.496 e. The number of nitrogens with zero attached hydrogens (tertiary/aromatic N) is 1. The van der Waals surface area contributed by atoms with E-state index in [1.165, 1.54) is 19.2 Å². The quantitative estimate of drug-likeness (QED) is 0.617. The van der Waals surface area contributed by atoms with Crippen molar-refractivity contribution in [2.45, 2.75) is 6.42 Å². The number of carbonyl (C=O) groups is 2. The summed E-state index contributed by atoms with van der Waals surface area (Å²) in [5.74, 6) is -0.406. The molecule has 0 unspecified atom stereocenters. The van der Waals surface area contributed by atoms with Crippen LogP contribution >= 0.6 is 0 Å². The SMILES string of the molecule is CNC(=O)Cc1ccc(NC(=O)c2cc([N+](=O)[O-])ccc2OC)cc1. The molecule has 0 bridgehead atoms. The molecule has 25 heavy (non-hydrogen) atoms. The van der Waals surface area contributed by atoms with Gasteiger partial charge in [0.1, 0.15) is 5.75 Å². The first-order chi connectivity index (χ1) is 11.9. The Morgan fingerprint density at radius 2 is 1.84 bits per heavy atom. The molecule has 2 rings (SSSR count).